The van der Waals surface area contributed by atoms with Gasteiger partial charge in [0.05, 0.1) is 11.0 Å². The molecule has 2 rings (SSSR count). The zero-order valence-corrected chi connectivity index (χ0v) is 20.7. The average molecular weight is 470 g/mol. The fraction of sp³-hybridized carbons (Fsp3) is 0.429. The second-order valence-corrected chi connectivity index (χ2v) is 11.0. The van der Waals surface area contributed by atoms with Gasteiger partial charge in [-0.05, 0) is 57.6 Å². The van der Waals surface area contributed by atoms with E-state index < -0.39 is 16.1 Å². The van der Waals surface area contributed by atoms with Crippen molar-refractivity contribution in [3.05, 3.63) is 60.2 Å². The van der Waals surface area contributed by atoms with Crippen LogP contribution in [-0.4, -0.2) is 50.1 Å². The van der Waals surface area contributed by atoms with Gasteiger partial charge < -0.3 is 15.5 Å². The van der Waals surface area contributed by atoms with Gasteiger partial charge in [0, 0.05) is 24.8 Å². The van der Waals surface area contributed by atoms with Crippen LogP contribution in [0.2, 0.25) is 0 Å². The Kier molecular flexibility index (Phi) is 10.2. The summed E-state index contributed by atoms with van der Waals surface area (Å²) in [7, 11) is 1.12. The largest absolute Gasteiger partial charge is 0.390 e. The number of sulfonamides is 1. The molecule has 6 nitrogen and oxygen atoms in total. The van der Waals surface area contributed by atoms with E-state index in [4.69, 9.17) is 0 Å². The molecule has 2 unspecified atom stereocenters. The molecule has 0 aliphatic carbocycles. The Morgan fingerprint density at radius 1 is 1.07 bits per heavy atom. The van der Waals surface area contributed by atoms with Crippen molar-refractivity contribution in [2.24, 2.45) is 5.92 Å². The summed E-state index contributed by atoms with van der Waals surface area (Å²) >= 11 is 0. The summed E-state index contributed by atoms with van der Waals surface area (Å²) in [6, 6.07) is 16.4. The monoisotopic (exact) mass is 469 g/mol. The molecular weight excluding hydrogens is 436 g/mol. The highest BCUT2D eigenvalue weighted by atomic mass is 32.2. The molecule has 0 fully saturated rings. The molecule has 2 aromatic rings. The van der Waals surface area contributed by atoms with Gasteiger partial charge in [0.1, 0.15) is 0 Å². The van der Waals surface area contributed by atoms with Crippen molar-refractivity contribution in [2.45, 2.75) is 37.3 Å². The second-order valence-electron chi connectivity index (χ2n) is 7.66. The predicted molar refractivity (Wildman–Crippen MR) is 131 cm³/mol. The van der Waals surface area contributed by atoms with Gasteiger partial charge in [-0.3, -0.25) is 0 Å². The van der Waals surface area contributed by atoms with E-state index in [1.165, 1.54) is 4.31 Å². The summed E-state index contributed by atoms with van der Waals surface area (Å²) in [5, 5.41) is 17.2. The summed E-state index contributed by atoms with van der Waals surface area (Å²) in [4.78, 5) is 0.233. The van der Waals surface area contributed by atoms with E-state index in [0.717, 1.165) is 11.3 Å². The molecule has 2 aromatic carbocycles. The van der Waals surface area contributed by atoms with Gasteiger partial charge in [0.15, 0.2) is 0 Å². The first-order valence-corrected chi connectivity index (χ1v) is 14.2. The maximum atomic E-state index is 13.3. The minimum absolute atomic E-state index is 0.0336. The molecule has 4 atom stereocenters. The Labute approximate surface area is 184 Å². The number of hydrogen-bond donors (Lipinski definition) is 3. The number of anilines is 1. The van der Waals surface area contributed by atoms with Crippen molar-refractivity contribution >= 4 is 33.1 Å². The summed E-state index contributed by atoms with van der Waals surface area (Å²) in [5.74, 6) is 0.133. The molecule has 3 N–H and O–H groups in total. The predicted octanol–water partition coefficient (Wildman–Crippen LogP) is 3.32. The Balaban J connectivity index is 2.20. The number of benzene rings is 2. The van der Waals surface area contributed by atoms with Gasteiger partial charge in [-0.15, -0.1) is 0 Å². The smallest absolute Gasteiger partial charge is 0.243 e. The van der Waals surface area contributed by atoms with E-state index in [2.05, 4.69) is 19.3 Å². The molecule has 0 amide bonds. The van der Waals surface area contributed by atoms with Crippen LogP contribution < -0.4 is 10.4 Å². The quantitative estimate of drug-likeness (QED) is 0.416. The van der Waals surface area contributed by atoms with Crippen molar-refractivity contribution in [3.8, 4) is 0 Å². The van der Waals surface area contributed by atoms with Gasteiger partial charge >= 0.3 is 0 Å². The number of hydrogen-bond acceptors (Lipinski definition) is 5. The Morgan fingerprint density at radius 2 is 1.70 bits per heavy atom. The molecule has 30 heavy (non-hydrogen) atoms. The molecule has 0 bridgehead atoms. The summed E-state index contributed by atoms with van der Waals surface area (Å²) in [5.41, 5.74) is 1.96. The fourth-order valence-electron chi connectivity index (χ4n) is 3.26. The highest BCUT2D eigenvalue weighted by Gasteiger charge is 2.30. The van der Waals surface area contributed by atoms with Crippen molar-refractivity contribution in [2.75, 3.05) is 25.2 Å². The Morgan fingerprint density at radius 3 is 2.23 bits per heavy atom. The third-order valence-corrected chi connectivity index (χ3v) is 7.51. The third-order valence-electron chi connectivity index (χ3n) is 4.80. The number of aliphatic hydroxyl groups is 1. The minimum atomic E-state index is -3.72. The second kappa shape index (κ2) is 12.1. The highest BCUT2D eigenvalue weighted by Crippen LogP contribution is 2.26. The van der Waals surface area contributed by atoms with Gasteiger partial charge in [-0.2, -0.15) is 4.31 Å². The first-order chi connectivity index (χ1) is 14.3. The lowest BCUT2D eigenvalue weighted by molar-refractivity contribution is 0.105. The molecule has 9 heteroatoms. The van der Waals surface area contributed by atoms with Crippen LogP contribution in [0.4, 0.5) is 5.69 Å². The lowest BCUT2D eigenvalue weighted by atomic mass is 10.0. The molecule has 0 aromatic heterocycles. The van der Waals surface area contributed by atoms with Crippen molar-refractivity contribution < 1.29 is 13.5 Å². The van der Waals surface area contributed by atoms with Crippen LogP contribution in [0, 0.1) is 5.92 Å². The van der Waals surface area contributed by atoms with Crippen LogP contribution in [-0.2, 0) is 16.4 Å². The molecular formula is C21H33N3O3P2S. The number of rotatable bonds is 12. The van der Waals surface area contributed by atoms with Crippen LogP contribution in [0.15, 0.2) is 59.5 Å². The standard InChI is InChI=1S/C21H33N3O3P2S/c1-16(2)14-24(30(26,27)19-11-9-18(10-12-19)23-29-28)15-21(25)20(22-3)13-17-7-5-4-6-8-17/h4-12,16,20-23,25,29H,13-15,28H2,1-3H3/t20-,21+/m0/s1. The Bertz CT molecular complexity index is 865. The molecule has 0 heterocycles. The van der Waals surface area contributed by atoms with Crippen LogP contribution in [0.3, 0.4) is 0 Å². The van der Waals surface area contributed by atoms with E-state index in [1.54, 1.807) is 31.3 Å². The van der Waals surface area contributed by atoms with Gasteiger partial charge in [0.25, 0.3) is 0 Å². The van der Waals surface area contributed by atoms with E-state index in [1.807, 2.05) is 44.2 Å². The maximum absolute atomic E-state index is 13.3. The fourth-order valence-corrected chi connectivity index (χ4v) is 5.71. The van der Waals surface area contributed by atoms with Gasteiger partial charge in [-0.1, -0.05) is 53.1 Å². The molecule has 0 saturated carbocycles. The number of nitrogens with one attached hydrogen (secondary N) is 2. The van der Waals surface area contributed by atoms with Gasteiger partial charge in [0.2, 0.25) is 10.0 Å². The van der Waals surface area contributed by atoms with E-state index >= 15 is 0 Å². The first-order valence-electron chi connectivity index (χ1n) is 9.99. The topological polar surface area (TPSA) is 81.7 Å². The lowest BCUT2D eigenvalue weighted by Crippen LogP contribution is -2.48. The van der Waals surface area contributed by atoms with Crippen molar-refractivity contribution in [1.82, 2.24) is 9.62 Å². The van der Waals surface area contributed by atoms with E-state index in [0.29, 0.717) is 21.4 Å². The lowest BCUT2D eigenvalue weighted by Gasteiger charge is -2.30. The molecule has 0 aliphatic heterocycles. The zero-order valence-electron chi connectivity index (χ0n) is 17.7. The molecule has 166 valence electrons. The number of aliphatic hydroxyl groups excluding tert-OH is 1. The third kappa shape index (κ3) is 7.26. The maximum Gasteiger partial charge on any atom is 0.243 e. The van der Waals surface area contributed by atoms with E-state index in [9.17, 15) is 13.5 Å². The summed E-state index contributed by atoms with van der Waals surface area (Å²) in [6.45, 7) is 4.32. The normalized spacial score (nSPS) is 14.5. The van der Waals surface area contributed by atoms with E-state index in [-0.39, 0.29) is 23.4 Å². The van der Waals surface area contributed by atoms with Crippen LogP contribution >= 0.6 is 17.3 Å². The first kappa shape index (κ1) is 25.2. The van der Waals surface area contributed by atoms with Gasteiger partial charge in [-0.25, -0.2) is 8.42 Å². The summed E-state index contributed by atoms with van der Waals surface area (Å²) in [6.07, 6.45) is -0.229. The SMILES string of the molecule is CN[C@@H](Cc1ccccc1)[C@H](O)CN(CC(C)C)S(=O)(=O)c1ccc(NPP)cc1. The van der Waals surface area contributed by atoms with Crippen molar-refractivity contribution in [3.63, 3.8) is 0 Å². The molecule has 0 spiro atoms. The minimum Gasteiger partial charge on any atom is -0.390 e. The van der Waals surface area contributed by atoms with Crippen molar-refractivity contribution in [1.29, 1.82) is 0 Å². The Hall–Kier alpha value is -1.07. The van der Waals surface area contributed by atoms with Crippen LogP contribution in [0.25, 0.3) is 0 Å². The number of likely N-dealkylation sites (N-methyl/N-ethyl adjacent to an activating group) is 1. The molecule has 0 aliphatic rings. The highest BCUT2D eigenvalue weighted by molar-refractivity contribution is 8.03. The molecule has 0 saturated heterocycles. The zero-order chi connectivity index (χ0) is 22.1. The van der Waals surface area contributed by atoms with Crippen LogP contribution in [0.5, 0.6) is 0 Å². The molecule has 0 radical (unpaired) electrons. The average Bonchev–Trinajstić information content (AvgIpc) is 2.72. The summed E-state index contributed by atoms with van der Waals surface area (Å²) < 4.78 is 28.0. The number of nitrogens with zero attached hydrogens (tertiary/aromatic N) is 1. The van der Waals surface area contributed by atoms with Crippen LogP contribution in [0.1, 0.15) is 19.4 Å².